The summed E-state index contributed by atoms with van der Waals surface area (Å²) in [5, 5.41) is 11.3. The van der Waals surface area contributed by atoms with Crippen LogP contribution in [0, 0.1) is 10.1 Å². The van der Waals surface area contributed by atoms with E-state index in [0.29, 0.717) is 5.02 Å². The van der Waals surface area contributed by atoms with Crippen molar-refractivity contribution in [3.8, 4) is 0 Å². The fourth-order valence-corrected chi connectivity index (χ4v) is 5.15. The van der Waals surface area contributed by atoms with Crippen LogP contribution in [0.25, 0.3) is 0 Å². The number of hydrogen-bond donors (Lipinski definition) is 2. The van der Waals surface area contributed by atoms with Crippen LogP contribution in [0.2, 0.25) is 10.0 Å². The maximum absolute atomic E-state index is 12.6. The summed E-state index contributed by atoms with van der Waals surface area (Å²) >= 11 is 11.8. The number of nitrogens with zero attached hydrogens (tertiary/aromatic N) is 1. The molecule has 0 heterocycles. The molecule has 0 amide bonds. The number of nitro benzene ring substituents is 1. The minimum absolute atomic E-state index is 0.0648. The SMILES string of the molecule is O=[N+]([O-])c1cccc(S(=O)(=O)Nc2ccc(S(=O)(=O)Nc3ccc(Cl)cc3Cl)cc2)c1. The van der Waals surface area contributed by atoms with E-state index in [-0.39, 0.29) is 31.9 Å². The Kier molecular flexibility index (Phi) is 6.41. The van der Waals surface area contributed by atoms with Gasteiger partial charge in [0.15, 0.2) is 0 Å². The second-order valence-electron chi connectivity index (χ2n) is 6.11. The first-order chi connectivity index (χ1) is 14.5. The zero-order valence-electron chi connectivity index (χ0n) is 15.3. The molecule has 3 rings (SSSR count). The molecule has 0 bridgehead atoms. The topological polar surface area (TPSA) is 135 Å². The van der Waals surface area contributed by atoms with Crippen molar-refractivity contribution in [3.63, 3.8) is 0 Å². The number of sulfonamides is 2. The van der Waals surface area contributed by atoms with Crippen LogP contribution in [0.4, 0.5) is 17.1 Å². The van der Waals surface area contributed by atoms with Gasteiger partial charge in [-0.3, -0.25) is 19.6 Å². The number of halogens is 2. The van der Waals surface area contributed by atoms with Crippen molar-refractivity contribution in [1.82, 2.24) is 0 Å². The lowest BCUT2D eigenvalue weighted by Crippen LogP contribution is -2.15. The highest BCUT2D eigenvalue weighted by Crippen LogP contribution is 2.28. The first kappa shape index (κ1) is 22.8. The smallest absolute Gasteiger partial charge is 0.270 e. The van der Waals surface area contributed by atoms with Crippen molar-refractivity contribution < 1.29 is 21.8 Å². The van der Waals surface area contributed by atoms with Crippen LogP contribution in [-0.4, -0.2) is 21.8 Å². The molecular weight excluding hydrogens is 489 g/mol. The third-order valence-electron chi connectivity index (χ3n) is 3.93. The van der Waals surface area contributed by atoms with Crippen molar-refractivity contribution in [3.05, 3.63) is 86.9 Å². The van der Waals surface area contributed by atoms with Gasteiger partial charge in [-0.05, 0) is 48.5 Å². The third-order valence-corrected chi connectivity index (χ3v) is 7.24. The third kappa shape index (κ3) is 5.44. The van der Waals surface area contributed by atoms with E-state index in [4.69, 9.17) is 23.2 Å². The summed E-state index contributed by atoms with van der Waals surface area (Å²) in [5.41, 5.74) is -0.187. The van der Waals surface area contributed by atoms with E-state index in [1.54, 1.807) is 0 Å². The number of anilines is 2. The van der Waals surface area contributed by atoms with Crippen LogP contribution in [0.3, 0.4) is 0 Å². The van der Waals surface area contributed by atoms with Gasteiger partial charge in [0.25, 0.3) is 25.7 Å². The lowest BCUT2D eigenvalue weighted by Gasteiger charge is -2.11. The van der Waals surface area contributed by atoms with E-state index in [2.05, 4.69) is 9.44 Å². The Morgan fingerprint density at radius 1 is 0.774 bits per heavy atom. The number of hydrogen-bond acceptors (Lipinski definition) is 6. The lowest BCUT2D eigenvalue weighted by molar-refractivity contribution is -0.385. The first-order valence-corrected chi connectivity index (χ1v) is 12.1. The van der Waals surface area contributed by atoms with Crippen molar-refractivity contribution in [2.75, 3.05) is 9.44 Å². The number of non-ortho nitro benzene ring substituents is 1. The molecule has 13 heteroatoms. The predicted molar refractivity (Wildman–Crippen MR) is 118 cm³/mol. The Balaban J connectivity index is 1.81. The summed E-state index contributed by atoms with van der Waals surface area (Å²) in [6.45, 7) is 0. The van der Waals surface area contributed by atoms with Crippen molar-refractivity contribution in [1.29, 1.82) is 0 Å². The van der Waals surface area contributed by atoms with Gasteiger partial charge in [0.2, 0.25) is 0 Å². The molecule has 3 aromatic rings. The fraction of sp³-hybridized carbons (Fsp3) is 0. The van der Waals surface area contributed by atoms with Gasteiger partial charge in [0.05, 0.1) is 25.4 Å². The van der Waals surface area contributed by atoms with Crippen molar-refractivity contribution >= 4 is 60.3 Å². The molecule has 0 fully saturated rings. The highest BCUT2D eigenvalue weighted by atomic mass is 35.5. The summed E-state index contributed by atoms with van der Waals surface area (Å²) in [7, 11) is -8.13. The molecule has 3 aromatic carbocycles. The largest absolute Gasteiger partial charge is 0.280 e. The van der Waals surface area contributed by atoms with Gasteiger partial charge in [0.1, 0.15) is 0 Å². The molecule has 0 atom stereocenters. The number of benzene rings is 3. The normalized spacial score (nSPS) is 11.7. The molecule has 31 heavy (non-hydrogen) atoms. The van der Waals surface area contributed by atoms with E-state index < -0.39 is 25.0 Å². The molecule has 0 unspecified atom stereocenters. The summed E-state index contributed by atoms with van der Waals surface area (Å²) in [4.78, 5) is 9.69. The Morgan fingerprint density at radius 3 is 2.03 bits per heavy atom. The minimum atomic E-state index is -4.13. The highest BCUT2D eigenvalue weighted by Gasteiger charge is 2.19. The second-order valence-corrected chi connectivity index (χ2v) is 10.3. The standard InChI is InChI=1S/C18H13Cl2N3O6S2/c19-12-4-9-18(17(20)10-12)22-30(26,27)15-7-5-13(6-8-15)21-31(28,29)16-3-1-2-14(11-16)23(24)25/h1-11,21-22H. The predicted octanol–water partition coefficient (Wildman–Crippen LogP) is 4.50. The van der Waals surface area contributed by atoms with Gasteiger partial charge in [-0.25, -0.2) is 16.8 Å². The molecule has 2 N–H and O–H groups in total. The van der Waals surface area contributed by atoms with Gasteiger partial charge >= 0.3 is 0 Å². The van der Waals surface area contributed by atoms with Gasteiger partial charge < -0.3 is 0 Å². The average Bonchev–Trinajstić information content (AvgIpc) is 2.70. The van der Waals surface area contributed by atoms with E-state index >= 15 is 0 Å². The zero-order valence-corrected chi connectivity index (χ0v) is 18.5. The van der Waals surface area contributed by atoms with Crippen LogP contribution >= 0.6 is 23.2 Å². The van der Waals surface area contributed by atoms with E-state index in [1.165, 1.54) is 60.7 Å². The lowest BCUT2D eigenvalue weighted by atomic mass is 10.3. The second kappa shape index (κ2) is 8.71. The summed E-state index contributed by atoms with van der Waals surface area (Å²) in [6, 6.07) is 13.7. The van der Waals surface area contributed by atoms with Crippen molar-refractivity contribution in [2.24, 2.45) is 0 Å². The Hall–Kier alpha value is -2.86. The van der Waals surface area contributed by atoms with Crippen molar-refractivity contribution in [2.45, 2.75) is 9.79 Å². The maximum Gasteiger partial charge on any atom is 0.270 e. The molecule has 0 saturated heterocycles. The monoisotopic (exact) mass is 501 g/mol. The van der Waals surface area contributed by atoms with E-state index in [9.17, 15) is 26.9 Å². The van der Waals surface area contributed by atoms with E-state index in [0.717, 1.165) is 6.07 Å². The molecule has 0 aliphatic carbocycles. The number of rotatable bonds is 7. The summed E-state index contributed by atoms with van der Waals surface area (Å²) in [6.07, 6.45) is 0. The molecule has 0 aromatic heterocycles. The summed E-state index contributed by atoms with van der Waals surface area (Å²) < 4.78 is 54.6. The Bertz CT molecular complexity index is 1360. The van der Waals surface area contributed by atoms with Gasteiger partial charge in [-0.15, -0.1) is 0 Å². The summed E-state index contributed by atoms with van der Waals surface area (Å²) in [5.74, 6) is 0. The number of nitrogens with one attached hydrogen (secondary N) is 2. The zero-order chi connectivity index (χ0) is 22.8. The van der Waals surface area contributed by atoms with Crippen LogP contribution in [-0.2, 0) is 20.0 Å². The number of nitro groups is 1. The fourth-order valence-electron chi connectivity index (χ4n) is 2.46. The molecular formula is C18H13Cl2N3O6S2. The molecule has 0 aliphatic rings. The average molecular weight is 502 g/mol. The van der Waals surface area contributed by atoms with Crippen LogP contribution in [0.15, 0.2) is 76.5 Å². The molecule has 0 radical (unpaired) electrons. The molecule has 0 saturated carbocycles. The Morgan fingerprint density at radius 2 is 1.42 bits per heavy atom. The molecule has 162 valence electrons. The van der Waals surface area contributed by atoms with Gasteiger partial charge in [0, 0.05) is 22.8 Å². The Labute approximate surface area is 187 Å². The minimum Gasteiger partial charge on any atom is -0.280 e. The highest BCUT2D eigenvalue weighted by molar-refractivity contribution is 7.93. The quantitative estimate of drug-likeness (QED) is 0.361. The van der Waals surface area contributed by atoms with Crippen LogP contribution in [0.1, 0.15) is 0 Å². The van der Waals surface area contributed by atoms with Crippen LogP contribution in [0.5, 0.6) is 0 Å². The van der Waals surface area contributed by atoms with Gasteiger partial charge in [-0.1, -0.05) is 29.3 Å². The maximum atomic E-state index is 12.6. The molecule has 9 nitrogen and oxygen atoms in total. The molecule has 0 aliphatic heterocycles. The van der Waals surface area contributed by atoms with Gasteiger partial charge in [-0.2, -0.15) is 0 Å². The molecule has 0 spiro atoms. The first-order valence-electron chi connectivity index (χ1n) is 8.33. The van der Waals surface area contributed by atoms with Crippen LogP contribution < -0.4 is 9.44 Å². The van der Waals surface area contributed by atoms with E-state index in [1.807, 2.05) is 0 Å².